The Morgan fingerprint density at radius 3 is 2.66 bits per heavy atom. The topological polar surface area (TPSA) is 68.7 Å². The van der Waals surface area contributed by atoms with E-state index >= 15 is 0 Å². The lowest BCUT2D eigenvalue weighted by Crippen LogP contribution is -2.48. The zero-order valence-corrected chi connectivity index (χ0v) is 19.3. The van der Waals surface area contributed by atoms with Crippen molar-refractivity contribution in [2.75, 3.05) is 18.1 Å². The molecule has 2 aromatic carbocycles. The van der Waals surface area contributed by atoms with Crippen molar-refractivity contribution in [3.8, 4) is 17.0 Å². The maximum Gasteiger partial charge on any atom is 0.326 e. The number of amides is 1. The molecule has 0 radical (unpaired) electrons. The Kier molecular flexibility index (Phi) is 6.55. The van der Waals surface area contributed by atoms with Crippen molar-refractivity contribution in [1.82, 2.24) is 4.98 Å². The quantitative estimate of drug-likeness (QED) is 0.488. The van der Waals surface area contributed by atoms with E-state index in [9.17, 15) is 9.59 Å². The standard InChI is InChI=1S/C25H26N2O4S/c1-4-21-25(29)27(15-23(28)30-13-12-18-8-6-5-7-9-18)20-14-19(10-11-22(20)31-21)24-16(2)32-17(3)26-24/h5-11,14,21H,4,12-13,15H2,1-3H3. The van der Waals surface area contributed by atoms with Crippen LogP contribution in [-0.2, 0) is 20.7 Å². The van der Waals surface area contributed by atoms with Gasteiger partial charge in [-0.25, -0.2) is 4.98 Å². The Bertz CT molecular complexity index is 1130. The van der Waals surface area contributed by atoms with E-state index in [1.165, 1.54) is 4.90 Å². The molecule has 3 aromatic rings. The van der Waals surface area contributed by atoms with Crippen LogP contribution in [0.25, 0.3) is 11.3 Å². The number of anilines is 1. The Morgan fingerprint density at radius 1 is 1.19 bits per heavy atom. The van der Waals surface area contributed by atoms with E-state index in [4.69, 9.17) is 9.47 Å². The fourth-order valence-electron chi connectivity index (χ4n) is 3.79. The van der Waals surface area contributed by atoms with Gasteiger partial charge in [0.25, 0.3) is 5.91 Å². The smallest absolute Gasteiger partial charge is 0.326 e. The normalized spacial score (nSPS) is 15.3. The van der Waals surface area contributed by atoms with Crippen LogP contribution in [0.1, 0.15) is 28.8 Å². The van der Waals surface area contributed by atoms with Crippen LogP contribution in [0, 0.1) is 13.8 Å². The molecule has 2 heterocycles. The molecule has 0 bridgehead atoms. The van der Waals surface area contributed by atoms with Crippen molar-refractivity contribution in [2.24, 2.45) is 0 Å². The molecule has 0 saturated heterocycles. The largest absolute Gasteiger partial charge is 0.478 e. The molecule has 6 nitrogen and oxygen atoms in total. The number of nitrogens with zero attached hydrogens (tertiary/aromatic N) is 2. The van der Waals surface area contributed by atoms with Gasteiger partial charge in [-0.1, -0.05) is 37.3 Å². The van der Waals surface area contributed by atoms with E-state index in [1.807, 2.05) is 69.3 Å². The number of esters is 1. The summed E-state index contributed by atoms with van der Waals surface area (Å²) < 4.78 is 11.3. The summed E-state index contributed by atoms with van der Waals surface area (Å²) in [6, 6.07) is 15.5. The summed E-state index contributed by atoms with van der Waals surface area (Å²) in [7, 11) is 0. The first-order chi connectivity index (χ1) is 15.5. The fourth-order valence-corrected chi connectivity index (χ4v) is 4.63. The number of thiazole rings is 1. The lowest BCUT2D eigenvalue weighted by atomic mass is 10.1. The van der Waals surface area contributed by atoms with E-state index in [0.29, 0.717) is 24.3 Å². The Morgan fingerprint density at radius 2 is 1.97 bits per heavy atom. The van der Waals surface area contributed by atoms with Gasteiger partial charge in [0.15, 0.2) is 6.10 Å². The summed E-state index contributed by atoms with van der Waals surface area (Å²) in [5.41, 5.74) is 3.44. The summed E-state index contributed by atoms with van der Waals surface area (Å²) >= 11 is 1.63. The molecule has 0 fully saturated rings. The number of hydrogen-bond donors (Lipinski definition) is 0. The minimum Gasteiger partial charge on any atom is -0.478 e. The van der Waals surface area contributed by atoms with Crippen molar-refractivity contribution < 1.29 is 19.1 Å². The Labute approximate surface area is 191 Å². The molecule has 1 atom stereocenters. The molecule has 32 heavy (non-hydrogen) atoms. The zero-order valence-electron chi connectivity index (χ0n) is 18.5. The van der Waals surface area contributed by atoms with E-state index < -0.39 is 12.1 Å². The molecule has 0 aliphatic carbocycles. The summed E-state index contributed by atoms with van der Waals surface area (Å²) in [6.07, 6.45) is 0.530. The highest BCUT2D eigenvalue weighted by Crippen LogP contribution is 2.39. The highest BCUT2D eigenvalue weighted by Gasteiger charge is 2.35. The van der Waals surface area contributed by atoms with Gasteiger partial charge in [0, 0.05) is 16.9 Å². The molecule has 0 saturated carbocycles. The van der Waals surface area contributed by atoms with E-state index in [0.717, 1.165) is 26.7 Å². The van der Waals surface area contributed by atoms with Gasteiger partial charge in [-0.05, 0) is 44.0 Å². The number of benzene rings is 2. The minimum absolute atomic E-state index is 0.154. The van der Waals surface area contributed by atoms with Gasteiger partial charge in [0.2, 0.25) is 0 Å². The summed E-state index contributed by atoms with van der Waals surface area (Å²) in [5, 5.41) is 0.979. The summed E-state index contributed by atoms with van der Waals surface area (Å²) in [5.74, 6) is -0.0895. The van der Waals surface area contributed by atoms with Crippen LogP contribution >= 0.6 is 11.3 Å². The van der Waals surface area contributed by atoms with Gasteiger partial charge < -0.3 is 9.47 Å². The number of ether oxygens (including phenoxy) is 2. The number of rotatable bonds is 7. The third-order valence-electron chi connectivity index (χ3n) is 5.39. The van der Waals surface area contributed by atoms with Crippen LogP contribution < -0.4 is 9.64 Å². The Hall–Kier alpha value is -3.19. The second-order valence-electron chi connectivity index (χ2n) is 7.72. The highest BCUT2D eigenvalue weighted by atomic mass is 32.1. The number of carbonyl (C=O) groups excluding carboxylic acids is 2. The molecular formula is C25H26N2O4S. The van der Waals surface area contributed by atoms with Crippen LogP contribution in [0.4, 0.5) is 5.69 Å². The number of aromatic nitrogens is 1. The van der Waals surface area contributed by atoms with Crippen LogP contribution in [0.2, 0.25) is 0 Å². The molecule has 1 unspecified atom stereocenters. The third-order valence-corrected chi connectivity index (χ3v) is 6.28. The molecule has 1 amide bonds. The molecule has 166 valence electrons. The first-order valence-corrected chi connectivity index (χ1v) is 11.5. The fraction of sp³-hybridized carbons (Fsp3) is 0.320. The molecule has 4 rings (SSSR count). The van der Waals surface area contributed by atoms with E-state index in [1.54, 1.807) is 11.3 Å². The number of aryl methyl sites for hydroxylation is 2. The SMILES string of the molecule is CCC1Oc2ccc(-c3nc(C)sc3C)cc2N(CC(=O)OCCc2ccccc2)C1=O. The van der Waals surface area contributed by atoms with Gasteiger partial charge in [0.05, 0.1) is 23.0 Å². The van der Waals surface area contributed by atoms with Crippen LogP contribution in [0.3, 0.4) is 0 Å². The average molecular weight is 451 g/mol. The molecule has 7 heteroatoms. The van der Waals surface area contributed by atoms with Crippen molar-refractivity contribution >= 4 is 28.9 Å². The number of fused-ring (bicyclic) bond motifs is 1. The third kappa shape index (κ3) is 4.67. The highest BCUT2D eigenvalue weighted by molar-refractivity contribution is 7.11. The average Bonchev–Trinajstić information content (AvgIpc) is 3.13. The van der Waals surface area contributed by atoms with Crippen LogP contribution in [0.5, 0.6) is 5.75 Å². The molecule has 0 N–H and O–H groups in total. The van der Waals surface area contributed by atoms with Gasteiger partial charge in [-0.2, -0.15) is 0 Å². The summed E-state index contributed by atoms with van der Waals surface area (Å²) in [6.45, 7) is 5.99. The number of hydrogen-bond acceptors (Lipinski definition) is 6. The molecule has 1 aromatic heterocycles. The van der Waals surface area contributed by atoms with Crippen molar-refractivity contribution in [1.29, 1.82) is 0 Å². The first kappa shape index (κ1) is 22.0. The Balaban J connectivity index is 1.54. The van der Waals surface area contributed by atoms with E-state index in [-0.39, 0.29) is 19.1 Å². The van der Waals surface area contributed by atoms with Gasteiger partial charge >= 0.3 is 5.97 Å². The maximum atomic E-state index is 13.0. The van der Waals surface area contributed by atoms with E-state index in [2.05, 4.69) is 4.98 Å². The van der Waals surface area contributed by atoms with Crippen molar-refractivity contribution in [3.63, 3.8) is 0 Å². The molecule has 1 aliphatic heterocycles. The first-order valence-electron chi connectivity index (χ1n) is 10.7. The second kappa shape index (κ2) is 9.53. The predicted octanol–water partition coefficient (Wildman–Crippen LogP) is 4.72. The van der Waals surface area contributed by atoms with Gasteiger partial charge in [-0.3, -0.25) is 14.5 Å². The van der Waals surface area contributed by atoms with Crippen molar-refractivity contribution in [3.05, 3.63) is 64.0 Å². The zero-order chi connectivity index (χ0) is 22.7. The molecule has 0 spiro atoms. The van der Waals surface area contributed by atoms with Crippen molar-refractivity contribution in [2.45, 2.75) is 39.7 Å². The van der Waals surface area contributed by atoms with Crippen LogP contribution in [0.15, 0.2) is 48.5 Å². The van der Waals surface area contributed by atoms with Crippen LogP contribution in [-0.4, -0.2) is 36.1 Å². The summed E-state index contributed by atoms with van der Waals surface area (Å²) in [4.78, 5) is 32.8. The number of carbonyl (C=O) groups is 2. The van der Waals surface area contributed by atoms with Gasteiger partial charge in [-0.15, -0.1) is 11.3 Å². The monoisotopic (exact) mass is 450 g/mol. The molecule has 1 aliphatic rings. The predicted molar refractivity (Wildman–Crippen MR) is 125 cm³/mol. The van der Waals surface area contributed by atoms with Gasteiger partial charge in [0.1, 0.15) is 12.3 Å². The molecular weight excluding hydrogens is 424 g/mol. The lowest BCUT2D eigenvalue weighted by molar-refractivity contribution is -0.143. The lowest BCUT2D eigenvalue weighted by Gasteiger charge is -2.33. The second-order valence-corrected chi connectivity index (χ2v) is 9.12. The maximum absolute atomic E-state index is 13.0. The minimum atomic E-state index is -0.617.